The van der Waals surface area contributed by atoms with Gasteiger partial charge in [0.05, 0.1) is 34.2 Å². The molecule has 0 bridgehead atoms. The van der Waals surface area contributed by atoms with Gasteiger partial charge in [-0.3, -0.25) is 14.9 Å². The highest BCUT2D eigenvalue weighted by Crippen LogP contribution is 2.32. The molecule has 0 radical (unpaired) electrons. The van der Waals surface area contributed by atoms with Gasteiger partial charge in [0.2, 0.25) is 0 Å². The van der Waals surface area contributed by atoms with E-state index in [-0.39, 0.29) is 0 Å². The summed E-state index contributed by atoms with van der Waals surface area (Å²) in [5.74, 6) is 0. The Morgan fingerprint density at radius 1 is 0.429 bits per heavy atom. The lowest BCUT2D eigenvalue weighted by atomic mass is 9.34. The fraction of sp³-hybridized carbons (Fsp3) is 0.0816. The van der Waals surface area contributed by atoms with E-state index in [1.807, 2.05) is 0 Å². The molecule has 0 saturated carbocycles. The first-order chi connectivity index (χ1) is 27.8. The van der Waals surface area contributed by atoms with E-state index in [0.717, 1.165) is 103 Å². The monoisotopic (exact) mass is 724 g/mol. The number of aromatic amines is 2. The first-order valence-corrected chi connectivity index (χ1v) is 19.4. The van der Waals surface area contributed by atoms with Crippen molar-refractivity contribution in [2.75, 3.05) is 0 Å². The van der Waals surface area contributed by atoms with Gasteiger partial charge in [-0.25, -0.2) is 0 Å². The van der Waals surface area contributed by atoms with Crippen molar-refractivity contribution in [3.63, 3.8) is 0 Å². The molecule has 3 heterocycles. The number of rotatable bonds is 12. The topological polar surface area (TPSA) is 75.2 Å². The van der Waals surface area contributed by atoms with Crippen LogP contribution in [-0.4, -0.2) is 36.9 Å². The van der Waals surface area contributed by atoms with E-state index in [4.69, 9.17) is 15.3 Å². The van der Waals surface area contributed by atoms with Gasteiger partial charge in [0, 0.05) is 23.2 Å². The van der Waals surface area contributed by atoms with Crippen LogP contribution in [0, 0.1) is 0 Å². The highest BCUT2D eigenvalue weighted by molar-refractivity contribution is 7.00. The third-order valence-electron chi connectivity index (χ3n) is 10.5. The first-order valence-electron chi connectivity index (χ1n) is 19.4. The standard InChI is InChI=1S/C49H41BN6/c1-2-3-34-56-49(40-32-20-9-21-33-40)43(48(55-56)39-30-18-8-19-31-39)50(41-44(35-22-10-4-11-23-35)51-52-45(41)36-24-12-5-13-25-36)42-46(37-26-14-6-15-27-37)53-54-47(42)38-28-16-7-17-29-38/h4-33H,2-3,34H2,1H3,(H,51,52)(H,53,54). The molecule has 0 aliphatic heterocycles. The van der Waals surface area contributed by atoms with E-state index in [9.17, 15) is 0 Å². The van der Waals surface area contributed by atoms with Crippen molar-refractivity contribution in [1.29, 1.82) is 0 Å². The van der Waals surface area contributed by atoms with Gasteiger partial charge in [0.25, 0.3) is 6.71 Å². The van der Waals surface area contributed by atoms with Crippen molar-refractivity contribution in [2.24, 2.45) is 0 Å². The highest BCUT2D eigenvalue weighted by Gasteiger charge is 2.41. The quantitative estimate of drug-likeness (QED) is 0.123. The summed E-state index contributed by atoms with van der Waals surface area (Å²) in [6.45, 7) is 2.60. The molecule has 0 amide bonds. The Balaban J connectivity index is 1.50. The van der Waals surface area contributed by atoms with Crippen LogP contribution in [0.4, 0.5) is 0 Å². The van der Waals surface area contributed by atoms with Crippen LogP contribution < -0.4 is 16.4 Å². The molecule has 0 aliphatic rings. The number of aromatic nitrogens is 6. The second-order valence-electron chi connectivity index (χ2n) is 14.0. The van der Waals surface area contributed by atoms with E-state index < -0.39 is 6.71 Å². The molecule has 270 valence electrons. The van der Waals surface area contributed by atoms with Crippen molar-refractivity contribution in [1.82, 2.24) is 30.2 Å². The highest BCUT2D eigenvalue weighted by atomic mass is 15.3. The van der Waals surface area contributed by atoms with E-state index in [1.54, 1.807) is 0 Å². The third-order valence-corrected chi connectivity index (χ3v) is 10.5. The van der Waals surface area contributed by atoms with Crippen molar-refractivity contribution in [2.45, 2.75) is 26.3 Å². The van der Waals surface area contributed by atoms with Gasteiger partial charge in [-0.1, -0.05) is 195 Å². The molecule has 0 unspecified atom stereocenters. The Morgan fingerprint density at radius 2 is 0.786 bits per heavy atom. The van der Waals surface area contributed by atoms with Gasteiger partial charge in [-0.05, 0) is 39.5 Å². The summed E-state index contributed by atoms with van der Waals surface area (Å²) in [6.07, 6.45) is 2.04. The number of hydrogen-bond donors (Lipinski definition) is 2. The Kier molecular flexibility index (Phi) is 9.79. The lowest BCUT2D eigenvalue weighted by Crippen LogP contribution is -2.55. The second kappa shape index (κ2) is 15.8. The van der Waals surface area contributed by atoms with Crippen LogP contribution in [-0.2, 0) is 6.54 Å². The van der Waals surface area contributed by atoms with E-state index in [2.05, 4.69) is 204 Å². The molecule has 3 aromatic heterocycles. The van der Waals surface area contributed by atoms with Gasteiger partial charge in [0.15, 0.2) is 0 Å². The third kappa shape index (κ3) is 6.58. The summed E-state index contributed by atoms with van der Waals surface area (Å²) in [5, 5.41) is 23.1. The summed E-state index contributed by atoms with van der Waals surface area (Å²) in [6, 6.07) is 63.6. The average molecular weight is 725 g/mol. The average Bonchev–Trinajstić information content (AvgIpc) is 4.02. The van der Waals surface area contributed by atoms with E-state index in [1.165, 1.54) is 0 Å². The van der Waals surface area contributed by atoms with Gasteiger partial charge in [0.1, 0.15) is 0 Å². The smallest absolute Gasteiger partial charge is 0.258 e. The van der Waals surface area contributed by atoms with Crippen LogP contribution in [0.15, 0.2) is 182 Å². The predicted molar refractivity (Wildman–Crippen MR) is 232 cm³/mol. The van der Waals surface area contributed by atoms with E-state index >= 15 is 0 Å². The summed E-state index contributed by atoms with van der Waals surface area (Å²) in [7, 11) is 0. The number of nitrogens with one attached hydrogen (secondary N) is 2. The number of aryl methyl sites for hydroxylation is 1. The van der Waals surface area contributed by atoms with E-state index in [0.29, 0.717) is 0 Å². The summed E-state index contributed by atoms with van der Waals surface area (Å²) in [5.41, 5.74) is 15.2. The zero-order valence-corrected chi connectivity index (χ0v) is 31.3. The van der Waals surface area contributed by atoms with Crippen molar-refractivity contribution in [3.8, 4) is 67.5 Å². The van der Waals surface area contributed by atoms with Gasteiger partial charge >= 0.3 is 0 Å². The molecule has 9 rings (SSSR count). The molecule has 0 spiro atoms. The largest absolute Gasteiger partial charge is 0.278 e. The minimum Gasteiger partial charge on any atom is -0.278 e. The lowest BCUT2D eigenvalue weighted by molar-refractivity contribution is 0.579. The second-order valence-corrected chi connectivity index (χ2v) is 14.0. The fourth-order valence-electron chi connectivity index (χ4n) is 7.91. The Bertz CT molecular complexity index is 2420. The van der Waals surface area contributed by atoms with Crippen molar-refractivity contribution < 1.29 is 0 Å². The van der Waals surface area contributed by atoms with Crippen molar-refractivity contribution in [3.05, 3.63) is 182 Å². The van der Waals surface area contributed by atoms with Gasteiger partial charge < -0.3 is 0 Å². The Labute approximate surface area is 328 Å². The normalized spacial score (nSPS) is 11.2. The van der Waals surface area contributed by atoms with Gasteiger partial charge in [-0.15, -0.1) is 0 Å². The molecule has 0 fully saturated rings. The van der Waals surface area contributed by atoms with Crippen LogP contribution in [0.5, 0.6) is 0 Å². The Morgan fingerprint density at radius 3 is 1.18 bits per heavy atom. The zero-order chi connectivity index (χ0) is 37.7. The zero-order valence-electron chi connectivity index (χ0n) is 31.3. The summed E-state index contributed by atoms with van der Waals surface area (Å²) < 4.78 is 2.25. The molecule has 6 nitrogen and oxygen atoms in total. The lowest BCUT2D eigenvalue weighted by Gasteiger charge is -2.22. The molecule has 9 aromatic rings. The number of H-pyrrole nitrogens is 2. The van der Waals surface area contributed by atoms with Crippen LogP contribution in [0.25, 0.3) is 67.5 Å². The number of nitrogens with zero attached hydrogens (tertiary/aromatic N) is 4. The molecule has 6 aromatic carbocycles. The molecule has 0 aliphatic carbocycles. The molecule has 0 atom stereocenters. The maximum atomic E-state index is 5.60. The number of unbranched alkanes of at least 4 members (excludes halogenated alkanes) is 1. The molecule has 0 saturated heterocycles. The maximum absolute atomic E-state index is 5.60. The minimum atomic E-state index is -0.413. The van der Waals surface area contributed by atoms with Crippen LogP contribution in [0.1, 0.15) is 19.8 Å². The summed E-state index contributed by atoms with van der Waals surface area (Å²) >= 11 is 0. The van der Waals surface area contributed by atoms with Crippen LogP contribution in [0.3, 0.4) is 0 Å². The van der Waals surface area contributed by atoms with Crippen LogP contribution >= 0.6 is 0 Å². The van der Waals surface area contributed by atoms with Gasteiger partial charge in [-0.2, -0.15) is 15.3 Å². The maximum Gasteiger partial charge on any atom is 0.258 e. The van der Waals surface area contributed by atoms with Crippen LogP contribution in [0.2, 0.25) is 0 Å². The first kappa shape index (κ1) is 34.8. The molecule has 2 N–H and O–H groups in total. The van der Waals surface area contributed by atoms with Crippen molar-refractivity contribution >= 4 is 23.1 Å². The molecular weight excluding hydrogens is 683 g/mol. The number of hydrogen-bond acceptors (Lipinski definition) is 3. The summed E-state index contributed by atoms with van der Waals surface area (Å²) in [4.78, 5) is 0. The SMILES string of the molecule is CCCCn1nc(-c2ccccc2)c(B(c2c(-c3ccccc3)n[nH]c2-c2ccccc2)c2c(-c3ccccc3)n[nH]c2-c2ccccc2)c1-c1ccccc1. The molecule has 7 heteroatoms. The fourth-order valence-corrected chi connectivity index (χ4v) is 7.91. The minimum absolute atomic E-state index is 0.413. The molecular formula is C49H41BN6. The number of benzene rings is 6. The molecule has 56 heavy (non-hydrogen) atoms. The predicted octanol–water partition coefficient (Wildman–Crippen LogP) is 9.65. The Hall–Kier alpha value is -6.99.